The summed E-state index contributed by atoms with van der Waals surface area (Å²) in [6, 6.07) is 9.96. The van der Waals surface area contributed by atoms with Gasteiger partial charge in [0.1, 0.15) is 11.5 Å². The third kappa shape index (κ3) is 1.78. The fourth-order valence-electron chi connectivity index (χ4n) is 3.53. The molecule has 0 bridgehead atoms. The van der Waals surface area contributed by atoms with Crippen molar-refractivity contribution in [3.8, 4) is 5.75 Å². The average molecular weight is 306 g/mol. The van der Waals surface area contributed by atoms with Gasteiger partial charge in [-0.2, -0.15) is 0 Å². The number of carbonyl (C=O) groups excluding carboxylic acids is 2. The van der Waals surface area contributed by atoms with E-state index in [1.165, 1.54) is 6.07 Å². The van der Waals surface area contributed by atoms with Crippen molar-refractivity contribution < 1.29 is 19.8 Å². The van der Waals surface area contributed by atoms with Crippen LogP contribution >= 0.6 is 0 Å². The van der Waals surface area contributed by atoms with E-state index in [-0.39, 0.29) is 28.4 Å². The van der Waals surface area contributed by atoms with Gasteiger partial charge in [0.05, 0.1) is 17.4 Å². The molecule has 2 aliphatic rings. The Morgan fingerprint density at radius 2 is 1.78 bits per heavy atom. The van der Waals surface area contributed by atoms with Crippen LogP contribution in [0.4, 0.5) is 0 Å². The van der Waals surface area contributed by atoms with Crippen LogP contribution in [-0.2, 0) is 0 Å². The van der Waals surface area contributed by atoms with Crippen molar-refractivity contribution in [2.45, 2.75) is 6.92 Å². The van der Waals surface area contributed by atoms with Crippen molar-refractivity contribution in [1.29, 1.82) is 0 Å². The fourth-order valence-corrected chi connectivity index (χ4v) is 3.53. The monoisotopic (exact) mass is 306 g/mol. The normalized spacial score (nSPS) is 22.0. The summed E-state index contributed by atoms with van der Waals surface area (Å²) >= 11 is 0. The molecule has 2 atom stereocenters. The third-order valence-corrected chi connectivity index (χ3v) is 4.64. The van der Waals surface area contributed by atoms with E-state index in [1.807, 2.05) is 19.1 Å². The Kier molecular flexibility index (Phi) is 2.73. The molecular weight excluding hydrogens is 292 g/mol. The van der Waals surface area contributed by atoms with Crippen LogP contribution in [0.1, 0.15) is 26.3 Å². The first-order valence-electron chi connectivity index (χ1n) is 7.41. The molecule has 0 aliphatic heterocycles. The molecule has 2 aliphatic carbocycles. The van der Waals surface area contributed by atoms with Gasteiger partial charge in [0.2, 0.25) is 0 Å². The molecule has 2 aromatic carbocycles. The minimum absolute atomic E-state index is 0.00858. The zero-order valence-electron chi connectivity index (χ0n) is 12.4. The first-order chi connectivity index (χ1) is 11.0. The largest absolute Gasteiger partial charge is 0.511 e. The first kappa shape index (κ1) is 13.8. The van der Waals surface area contributed by atoms with Gasteiger partial charge >= 0.3 is 0 Å². The van der Waals surface area contributed by atoms with E-state index in [9.17, 15) is 19.8 Å². The lowest BCUT2D eigenvalue weighted by Crippen LogP contribution is -2.45. The minimum Gasteiger partial charge on any atom is -0.511 e. The lowest BCUT2D eigenvalue weighted by Gasteiger charge is -2.30. The summed E-state index contributed by atoms with van der Waals surface area (Å²) < 4.78 is 0. The number of aryl methyl sites for hydroxylation is 1. The number of rotatable bonds is 0. The molecule has 4 nitrogen and oxygen atoms in total. The van der Waals surface area contributed by atoms with E-state index in [1.54, 1.807) is 24.3 Å². The Bertz CT molecular complexity index is 1000. The van der Waals surface area contributed by atoms with Crippen LogP contribution in [0.2, 0.25) is 0 Å². The molecule has 23 heavy (non-hydrogen) atoms. The molecule has 0 fully saturated rings. The molecule has 0 aromatic heterocycles. The predicted octanol–water partition coefficient (Wildman–Crippen LogP) is 1.47. The van der Waals surface area contributed by atoms with E-state index in [0.717, 1.165) is 10.8 Å². The van der Waals surface area contributed by atoms with Gasteiger partial charge in [0.15, 0.2) is 11.6 Å². The number of phenols is 1. The van der Waals surface area contributed by atoms with Gasteiger partial charge in [-0.15, -0.1) is 0 Å². The second-order valence-electron chi connectivity index (χ2n) is 6.07. The van der Waals surface area contributed by atoms with Crippen LogP contribution in [0.3, 0.4) is 0 Å². The van der Waals surface area contributed by atoms with E-state index in [0.29, 0.717) is 5.22 Å². The third-order valence-electron chi connectivity index (χ3n) is 4.64. The number of ketones is 2. The Morgan fingerprint density at radius 3 is 2.57 bits per heavy atom. The summed E-state index contributed by atoms with van der Waals surface area (Å²) in [6.07, 6.45) is 1.75. The van der Waals surface area contributed by atoms with Crippen LogP contribution in [0.25, 0.3) is 11.8 Å². The molecule has 0 saturated carbocycles. The SMILES string of the molecule is Cc1ccc2c(c1)=CC1C(=O)c3cccc(O)c3C(=O)C1C=2O. The number of aliphatic hydroxyl groups excluding tert-OH is 1. The van der Waals surface area contributed by atoms with Crippen LogP contribution in [-0.4, -0.2) is 21.8 Å². The summed E-state index contributed by atoms with van der Waals surface area (Å²) in [5.41, 5.74) is 1.24. The van der Waals surface area contributed by atoms with Gasteiger partial charge in [-0.3, -0.25) is 9.59 Å². The number of aromatic hydroxyl groups is 1. The maximum Gasteiger partial charge on any atom is 0.178 e. The molecule has 2 unspecified atom stereocenters. The molecule has 0 saturated heterocycles. The summed E-state index contributed by atoms with van der Waals surface area (Å²) in [4.78, 5) is 25.6. The molecule has 4 heteroatoms. The number of phenolic OH excluding ortho intramolecular Hbond substituents is 1. The van der Waals surface area contributed by atoms with Gasteiger partial charge in [0, 0.05) is 10.8 Å². The number of hydrogen-bond acceptors (Lipinski definition) is 4. The highest BCUT2D eigenvalue weighted by atomic mass is 16.3. The van der Waals surface area contributed by atoms with Crippen molar-refractivity contribution in [2.24, 2.45) is 11.8 Å². The van der Waals surface area contributed by atoms with Crippen LogP contribution < -0.4 is 10.4 Å². The number of hydrogen-bond donors (Lipinski definition) is 2. The molecule has 2 aromatic rings. The minimum atomic E-state index is -0.960. The van der Waals surface area contributed by atoms with Crippen LogP contribution in [0.15, 0.2) is 36.4 Å². The summed E-state index contributed by atoms with van der Waals surface area (Å²) in [7, 11) is 0. The molecule has 0 spiro atoms. The summed E-state index contributed by atoms with van der Waals surface area (Å²) in [5.74, 6) is -2.67. The van der Waals surface area contributed by atoms with Gasteiger partial charge in [-0.1, -0.05) is 42.0 Å². The first-order valence-corrected chi connectivity index (χ1v) is 7.41. The standard InChI is InChI=1S/C19H14O4/c1-9-5-6-11-10(7-9)8-13-16(18(11)22)19(23)15-12(17(13)21)3-2-4-14(15)20/h2-8,13,16,20,22H,1H3. The molecule has 0 heterocycles. The lowest BCUT2D eigenvalue weighted by atomic mass is 9.70. The molecule has 4 rings (SSSR count). The second-order valence-corrected chi connectivity index (χ2v) is 6.07. The zero-order valence-corrected chi connectivity index (χ0v) is 12.4. The Hall–Kier alpha value is -2.88. The summed E-state index contributed by atoms with van der Waals surface area (Å²) in [6.45, 7) is 1.93. The van der Waals surface area contributed by atoms with Crippen molar-refractivity contribution in [3.63, 3.8) is 0 Å². The molecular formula is C19H14O4. The van der Waals surface area contributed by atoms with Crippen molar-refractivity contribution >= 4 is 23.4 Å². The van der Waals surface area contributed by atoms with Gasteiger partial charge < -0.3 is 10.2 Å². The van der Waals surface area contributed by atoms with E-state index in [2.05, 4.69) is 0 Å². The van der Waals surface area contributed by atoms with Gasteiger partial charge in [-0.25, -0.2) is 0 Å². The number of carbonyl (C=O) groups is 2. The molecule has 0 amide bonds. The maximum absolute atomic E-state index is 12.8. The Balaban J connectivity index is 2.04. The van der Waals surface area contributed by atoms with E-state index in [4.69, 9.17) is 0 Å². The van der Waals surface area contributed by atoms with Crippen LogP contribution in [0.5, 0.6) is 5.75 Å². The topological polar surface area (TPSA) is 74.6 Å². The smallest absolute Gasteiger partial charge is 0.178 e. The average Bonchev–Trinajstić information content (AvgIpc) is 2.52. The van der Waals surface area contributed by atoms with E-state index >= 15 is 0 Å². The predicted molar refractivity (Wildman–Crippen MR) is 84.7 cm³/mol. The molecule has 0 radical (unpaired) electrons. The Morgan fingerprint density at radius 1 is 1.00 bits per heavy atom. The fraction of sp³-hybridized carbons (Fsp3) is 0.158. The highest BCUT2D eigenvalue weighted by Crippen LogP contribution is 2.39. The van der Waals surface area contributed by atoms with Crippen LogP contribution in [0, 0.1) is 18.8 Å². The van der Waals surface area contributed by atoms with Crippen molar-refractivity contribution in [3.05, 3.63) is 63.5 Å². The highest BCUT2D eigenvalue weighted by molar-refractivity contribution is 6.21. The van der Waals surface area contributed by atoms with Gasteiger partial charge in [-0.05, 0) is 18.2 Å². The molecule has 2 N–H and O–H groups in total. The van der Waals surface area contributed by atoms with Crippen molar-refractivity contribution in [2.75, 3.05) is 0 Å². The lowest BCUT2D eigenvalue weighted by molar-refractivity contribution is 0.0796. The molecule has 114 valence electrons. The quantitative estimate of drug-likeness (QED) is 0.773. The number of fused-ring (bicyclic) bond motifs is 3. The van der Waals surface area contributed by atoms with Crippen molar-refractivity contribution in [1.82, 2.24) is 0 Å². The maximum atomic E-state index is 12.8. The number of benzene rings is 2. The summed E-state index contributed by atoms with van der Waals surface area (Å²) in [5, 5.41) is 21.9. The zero-order chi connectivity index (χ0) is 16.3. The number of Topliss-reactive ketones (excluding diaryl/α,β-unsaturated/α-hetero) is 2. The Labute approximate surface area is 132 Å². The second kappa shape index (κ2) is 4.56. The number of aliphatic hydroxyl groups is 1. The highest BCUT2D eigenvalue weighted by Gasteiger charge is 2.45. The van der Waals surface area contributed by atoms with Gasteiger partial charge in [0.25, 0.3) is 0 Å². The van der Waals surface area contributed by atoms with E-state index < -0.39 is 17.6 Å².